The van der Waals surface area contributed by atoms with E-state index >= 15 is 0 Å². The molecule has 0 atom stereocenters. The average Bonchev–Trinajstić information content (AvgIpc) is 2.15. The van der Waals surface area contributed by atoms with Crippen LogP contribution in [0, 0.1) is 16.2 Å². The number of nitriles is 1. The van der Waals surface area contributed by atoms with Crippen molar-refractivity contribution in [2.24, 2.45) is 5.18 Å². The lowest BCUT2D eigenvalue weighted by Gasteiger charge is -1.90. The number of nitrogens with zero attached hydrogens (tertiary/aromatic N) is 2. The van der Waals surface area contributed by atoms with Crippen LogP contribution in [0.1, 0.15) is 11.1 Å². The zero-order chi connectivity index (χ0) is 8.81. The highest BCUT2D eigenvalue weighted by Gasteiger charge is 1.88. The fraction of sp³-hybridized carbons (Fsp3) is 0. The molecule has 0 radical (unpaired) electrons. The van der Waals surface area contributed by atoms with Gasteiger partial charge in [0.15, 0.2) is 0 Å². The molecule has 0 aromatic heterocycles. The molecule has 1 rings (SSSR count). The molecule has 0 saturated heterocycles. The molecule has 0 unspecified atom stereocenters. The lowest BCUT2D eigenvalue weighted by molar-refractivity contribution is 1.48. The van der Waals surface area contributed by atoms with Gasteiger partial charge < -0.3 is 0 Å². The second-order valence-corrected chi connectivity index (χ2v) is 2.15. The molecule has 0 heterocycles. The molecule has 58 valence electrons. The van der Waals surface area contributed by atoms with Crippen molar-refractivity contribution in [3.63, 3.8) is 0 Å². The van der Waals surface area contributed by atoms with Crippen LogP contribution in [0.3, 0.4) is 0 Å². The standard InChI is InChI=1S/C9H6N2O/c10-7-9-3-1-8(2-4-9)5-6-11-12/h1-6H/b6-5+. The van der Waals surface area contributed by atoms with Gasteiger partial charge in [-0.15, -0.1) is 4.91 Å². The van der Waals surface area contributed by atoms with Crippen molar-refractivity contribution in [1.82, 2.24) is 0 Å². The second kappa shape index (κ2) is 4.04. The van der Waals surface area contributed by atoms with E-state index in [2.05, 4.69) is 5.18 Å². The van der Waals surface area contributed by atoms with Gasteiger partial charge in [-0.25, -0.2) is 0 Å². The molecule has 3 nitrogen and oxygen atoms in total. The molecule has 0 aliphatic heterocycles. The predicted molar refractivity (Wildman–Crippen MR) is 46.0 cm³/mol. The van der Waals surface area contributed by atoms with Crippen LogP contribution < -0.4 is 0 Å². The Hall–Kier alpha value is -1.95. The van der Waals surface area contributed by atoms with Crippen molar-refractivity contribution in [2.75, 3.05) is 0 Å². The SMILES string of the molecule is N#Cc1ccc(/C=C/N=O)cc1. The van der Waals surface area contributed by atoms with E-state index in [1.54, 1.807) is 30.3 Å². The molecule has 0 saturated carbocycles. The van der Waals surface area contributed by atoms with Crippen LogP contribution in [-0.4, -0.2) is 0 Å². The van der Waals surface area contributed by atoms with E-state index < -0.39 is 0 Å². The number of hydrogen-bond acceptors (Lipinski definition) is 3. The van der Waals surface area contributed by atoms with Gasteiger partial charge in [0, 0.05) is 0 Å². The first-order chi connectivity index (χ1) is 5.86. The number of rotatable bonds is 2. The summed E-state index contributed by atoms with van der Waals surface area (Å²) in [5.74, 6) is 0. The Kier molecular flexibility index (Phi) is 2.74. The van der Waals surface area contributed by atoms with E-state index in [9.17, 15) is 4.91 Å². The zero-order valence-corrected chi connectivity index (χ0v) is 6.27. The van der Waals surface area contributed by atoms with Gasteiger partial charge in [-0.3, -0.25) is 0 Å². The van der Waals surface area contributed by atoms with Gasteiger partial charge in [0.05, 0.1) is 17.8 Å². The summed E-state index contributed by atoms with van der Waals surface area (Å²) in [4.78, 5) is 9.71. The van der Waals surface area contributed by atoms with E-state index in [1.807, 2.05) is 6.07 Å². The van der Waals surface area contributed by atoms with Crippen LogP contribution in [0.5, 0.6) is 0 Å². The molecule has 0 amide bonds. The smallest absolute Gasteiger partial charge is 0.0991 e. The molecular formula is C9H6N2O. The van der Waals surface area contributed by atoms with Gasteiger partial charge in [0.1, 0.15) is 0 Å². The minimum Gasteiger partial charge on any atom is -0.192 e. The minimum absolute atomic E-state index is 0.603. The first-order valence-electron chi connectivity index (χ1n) is 3.36. The molecule has 0 bridgehead atoms. The topological polar surface area (TPSA) is 53.2 Å². The highest BCUT2D eigenvalue weighted by Crippen LogP contribution is 2.04. The highest BCUT2D eigenvalue weighted by molar-refractivity contribution is 5.50. The van der Waals surface area contributed by atoms with Crippen LogP contribution in [0.25, 0.3) is 6.08 Å². The van der Waals surface area contributed by atoms with Gasteiger partial charge in [-0.1, -0.05) is 12.1 Å². The van der Waals surface area contributed by atoms with Crippen molar-refractivity contribution in [1.29, 1.82) is 5.26 Å². The summed E-state index contributed by atoms with van der Waals surface area (Å²) in [6.07, 6.45) is 2.75. The molecule has 12 heavy (non-hydrogen) atoms. The van der Waals surface area contributed by atoms with Gasteiger partial charge in [0.2, 0.25) is 0 Å². The van der Waals surface area contributed by atoms with Crippen LogP contribution in [0.4, 0.5) is 0 Å². The molecule has 0 aliphatic rings. The Morgan fingerprint density at radius 2 is 2.00 bits per heavy atom. The predicted octanol–water partition coefficient (Wildman–Crippen LogP) is 2.30. The molecule has 0 fully saturated rings. The fourth-order valence-corrected chi connectivity index (χ4v) is 0.785. The molecule has 1 aromatic carbocycles. The summed E-state index contributed by atoms with van der Waals surface area (Å²) >= 11 is 0. The van der Waals surface area contributed by atoms with Crippen molar-refractivity contribution in [3.8, 4) is 6.07 Å². The third kappa shape index (κ3) is 2.03. The summed E-state index contributed by atoms with van der Waals surface area (Å²) in [7, 11) is 0. The van der Waals surface area contributed by atoms with Gasteiger partial charge >= 0.3 is 0 Å². The third-order valence-electron chi connectivity index (χ3n) is 1.37. The maximum Gasteiger partial charge on any atom is 0.0991 e. The quantitative estimate of drug-likeness (QED) is 0.620. The zero-order valence-electron chi connectivity index (χ0n) is 6.27. The Bertz CT molecular complexity index is 333. The molecule has 0 spiro atoms. The summed E-state index contributed by atoms with van der Waals surface area (Å²) in [5.41, 5.74) is 1.46. The van der Waals surface area contributed by atoms with Crippen LogP contribution >= 0.6 is 0 Å². The van der Waals surface area contributed by atoms with Crippen LogP contribution in [-0.2, 0) is 0 Å². The Morgan fingerprint density at radius 1 is 1.33 bits per heavy atom. The lowest BCUT2D eigenvalue weighted by atomic mass is 10.1. The first-order valence-corrected chi connectivity index (χ1v) is 3.36. The third-order valence-corrected chi connectivity index (χ3v) is 1.37. The summed E-state index contributed by atoms with van der Waals surface area (Å²) in [5, 5.41) is 11.0. The van der Waals surface area contributed by atoms with Gasteiger partial charge in [-0.2, -0.15) is 5.26 Å². The fourth-order valence-electron chi connectivity index (χ4n) is 0.785. The van der Waals surface area contributed by atoms with Gasteiger partial charge in [-0.05, 0) is 28.9 Å². The normalized spacial score (nSPS) is 9.58. The second-order valence-electron chi connectivity index (χ2n) is 2.15. The summed E-state index contributed by atoms with van der Waals surface area (Å²) < 4.78 is 0. The minimum atomic E-state index is 0.603. The van der Waals surface area contributed by atoms with E-state index in [1.165, 1.54) is 6.20 Å². The first kappa shape index (κ1) is 8.15. The van der Waals surface area contributed by atoms with Crippen molar-refractivity contribution < 1.29 is 0 Å². The highest BCUT2D eigenvalue weighted by atomic mass is 16.2. The molecule has 0 aliphatic carbocycles. The lowest BCUT2D eigenvalue weighted by Crippen LogP contribution is -1.73. The average molecular weight is 158 g/mol. The number of benzene rings is 1. The molecule has 3 heteroatoms. The molecule has 1 aromatic rings. The maximum absolute atomic E-state index is 9.71. The summed E-state index contributed by atoms with van der Waals surface area (Å²) in [6.45, 7) is 0. The summed E-state index contributed by atoms with van der Waals surface area (Å²) in [6, 6.07) is 8.87. The number of hydrogen-bond donors (Lipinski definition) is 0. The van der Waals surface area contributed by atoms with Crippen LogP contribution in [0.15, 0.2) is 35.6 Å². The van der Waals surface area contributed by atoms with Crippen molar-refractivity contribution in [2.45, 2.75) is 0 Å². The van der Waals surface area contributed by atoms with E-state index in [0.29, 0.717) is 5.56 Å². The monoisotopic (exact) mass is 158 g/mol. The van der Waals surface area contributed by atoms with Crippen molar-refractivity contribution in [3.05, 3.63) is 46.5 Å². The Balaban J connectivity index is 2.86. The molecule has 0 N–H and O–H groups in total. The largest absolute Gasteiger partial charge is 0.192 e. The van der Waals surface area contributed by atoms with Crippen LogP contribution in [0.2, 0.25) is 0 Å². The van der Waals surface area contributed by atoms with E-state index in [4.69, 9.17) is 5.26 Å². The van der Waals surface area contributed by atoms with Crippen molar-refractivity contribution >= 4 is 6.08 Å². The van der Waals surface area contributed by atoms with Gasteiger partial charge in [0.25, 0.3) is 0 Å². The number of nitroso groups, excluding NO2 is 1. The Labute approximate surface area is 69.9 Å². The Morgan fingerprint density at radius 3 is 2.50 bits per heavy atom. The maximum atomic E-state index is 9.71. The molecular weight excluding hydrogens is 152 g/mol. The van der Waals surface area contributed by atoms with E-state index in [-0.39, 0.29) is 0 Å². The van der Waals surface area contributed by atoms with E-state index in [0.717, 1.165) is 5.56 Å².